The van der Waals surface area contributed by atoms with Crippen LogP contribution < -0.4 is 20.1 Å². The van der Waals surface area contributed by atoms with Crippen LogP contribution in [0.4, 0.5) is 5.69 Å². The van der Waals surface area contributed by atoms with Crippen molar-refractivity contribution in [3.05, 3.63) is 18.2 Å². The number of morpholine rings is 1. The Morgan fingerprint density at radius 3 is 2.67 bits per heavy atom. The SMILES string of the molecule is COc1ccc(OC)c(N2CC(CN)OC(C)(C)C2=O)c1. The second-order valence-electron chi connectivity index (χ2n) is 5.44. The molecule has 6 heteroatoms. The Balaban J connectivity index is 2.45. The van der Waals surface area contributed by atoms with E-state index in [4.69, 9.17) is 19.9 Å². The van der Waals surface area contributed by atoms with Gasteiger partial charge in [0.25, 0.3) is 5.91 Å². The molecule has 0 saturated carbocycles. The molecule has 0 aliphatic carbocycles. The van der Waals surface area contributed by atoms with Crippen molar-refractivity contribution >= 4 is 11.6 Å². The lowest BCUT2D eigenvalue weighted by molar-refractivity contribution is -0.153. The summed E-state index contributed by atoms with van der Waals surface area (Å²) in [5, 5.41) is 0. The molecule has 0 bridgehead atoms. The van der Waals surface area contributed by atoms with Crippen LogP contribution in [-0.2, 0) is 9.53 Å². The lowest BCUT2D eigenvalue weighted by atomic mass is 10.0. The number of carbonyl (C=O) groups excluding carboxylic acids is 1. The molecule has 0 radical (unpaired) electrons. The van der Waals surface area contributed by atoms with Crippen LogP contribution in [0.3, 0.4) is 0 Å². The Morgan fingerprint density at radius 1 is 1.38 bits per heavy atom. The number of nitrogens with two attached hydrogens (primary N) is 1. The Morgan fingerprint density at radius 2 is 2.10 bits per heavy atom. The minimum absolute atomic E-state index is 0.126. The number of amides is 1. The number of rotatable bonds is 4. The summed E-state index contributed by atoms with van der Waals surface area (Å²) in [6, 6.07) is 5.35. The number of hydrogen-bond donors (Lipinski definition) is 1. The molecular formula is C15H22N2O4. The average Bonchev–Trinajstić information content (AvgIpc) is 2.49. The van der Waals surface area contributed by atoms with E-state index >= 15 is 0 Å². The molecule has 0 aromatic heterocycles. The van der Waals surface area contributed by atoms with Crippen molar-refractivity contribution in [3.8, 4) is 11.5 Å². The van der Waals surface area contributed by atoms with Crippen LogP contribution in [0.2, 0.25) is 0 Å². The molecule has 1 aromatic rings. The van der Waals surface area contributed by atoms with Gasteiger partial charge in [-0.05, 0) is 26.0 Å². The van der Waals surface area contributed by atoms with E-state index in [1.54, 1.807) is 51.2 Å². The van der Waals surface area contributed by atoms with Gasteiger partial charge in [0.2, 0.25) is 0 Å². The third-order valence-electron chi connectivity index (χ3n) is 3.55. The lowest BCUT2D eigenvalue weighted by Gasteiger charge is -2.41. The minimum atomic E-state index is -0.920. The number of hydrogen-bond acceptors (Lipinski definition) is 5. The zero-order chi connectivity index (χ0) is 15.6. The fraction of sp³-hybridized carbons (Fsp3) is 0.533. The Hall–Kier alpha value is -1.79. The first-order valence-electron chi connectivity index (χ1n) is 6.84. The molecule has 1 fully saturated rings. The summed E-state index contributed by atoms with van der Waals surface area (Å²) in [5.74, 6) is 1.14. The van der Waals surface area contributed by atoms with Crippen LogP contribution in [0.1, 0.15) is 13.8 Å². The van der Waals surface area contributed by atoms with E-state index in [2.05, 4.69) is 0 Å². The fourth-order valence-corrected chi connectivity index (χ4v) is 2.45. The summed E-state index contributed by atoms with van der Waals surface area (Å²) in [4.78, 5) is 14.3. The number of nitrogens with zero attached hydrogens (tertiary/aromatic N) is 1. The zero-order valence-corrected chi connectivity index (χ0v) is 12.9. The summed E-state index contributed by atoms with van der Waals surface area (Å²) in [6.45, 7) is 4.23. The summed E-state index contributed by atoms with van der Waals surface area (Å²) in [7, 11) is 3.15. The quantitative estimate of drug-likeness (QED) is 0.902. The van der Waals surface area contributed by atoms with Gasteiger partial charge in [-0.2, -0.15) is 0 Å². The van der Waals surface area contributed by atoms with Crippen molar-refractivity contribution in [1.82, 2.24) is 0 Å². The molecule has 1 aromatic carbocycles. The maximum Gasteiger partial charge on any atom is 0.258 e. The Labute approximate surface area is 124 Å². The minimum Gasteiger partial charge on any atom is -0.497 e. The molecule has 1 atom stereocenters. The largest absolute Gasteiger partial charge is 0.497 e. The molecule has 0 spiro atoms. The van der Waals surface area contributed by atoms with E-state index in [1.165, 1.54) is 0 Å². The van der Waals surface area contributed by atoms with E-state index in [-0.39, 0.29) is 12.0 Å². The third kappa shape index (κ3) is 2.96. The van der Waals surface area contributed by atoms with Gasteiger partial charge in [0.05, 0.1) is 32.6 Å². The molecule has 1 aliphatic rings. The molecule has 116 valence electrons. The van der Waals surface area contributed by atoms with Gasteiger partial charge in [-0.25, -0.2) is 0 Å². The van der Waals surface area contributed by atoms with Crippen molar-refractivity contribution in [1.29, 1.82) is 0 Å². The molecular weight excluding hydrogens is 272 g/mol. The van der Waals surface area contributed by atoms with Crippen molar-refractivity contribution in [2.45, 2.75) is 25.6 Å². The average molecular weight is 294 g/mol. The number of anilines is 1. The molecule has 1 saturated heterocycles. The van der Waals surface area contributed by atoms with Gasteiger partial charge in [0, 0.05) is 12.6 Å². The number of carbonyl (C=O) groups is 1. The van der Waals surface area contributed by atoms with Crippen molar-refractivity contribution in [2.24, 2.45) is 5.73 Å². The second kappa shape index (κ2) is 5.91. The van der Waals surface area contributed by atoms with Crippen LogP contribution in [0.25, 0.3) is 0 Å². The van der Waals surface area contributed by atoms with Gasteiger partial charge >= 0.3 is 0 Å². The molecule has 1 heterocycles. The Kier molecular flexibility index (Phi) is 4.39. The fourth-order valence-electron chi connectivity index (χ4n) is 2.45. The zero-order valence-electron chi connectivity index (χ0n) is 12.9. The molecule has 1 aliphatic heterocycles. The highest BCUT2D eigenvalue weighted by Gasteiger charge is 2.42. The monoisotopic (exact) mass is 294 g/mol. The summed E-state index contributed by atoms with van der Waals surface area (Å²) < 4.78 is 16.3. The highest BCUT2D eigenvalue weighted by atomic mass is 16.5. The van der Waals surface area contributed by atoms with Gasteiger partial charge in [0.1, 0.15) is 17.1 Å². The van der Waals surface area contributed by atoms with E-state index in [0.29, 0.717) is 30.3 Å². The molecule has 1 unspecified atom stereocenters. The van der Waals surface area contributed by atoms with Gasteiger partial charge in [-0.3, -0.25) is 4.79 Å². The van der Waals surface area contributed by atoms with Crippen molar-refractivity contribution in [2.75, 3.05) is 32.2 Å². The highest BCUT2D eigenvalue weighted by Crippen LogP contribution is 2.36. The molecule has 2 rings (SSSR count). The number of ether oxygens (including phenoxy) is 3. The number of methoxy groups -OCH3 is 2. The predicted octanol–water partition coefficient (Wildman–Crippen LogP) is 1.17. The second-order valence-corrected chi connectivity index (χ2v) is 5.44. The molecule has 6 nitrogen and oxygen atoms in total. The first-order chi connectivity index (χ1) is 9.92. The molecule has 21 heavy (non-hydrogen) atoms. The predicted molar refractivity (Wildman–Crippen MR) is 79.9 cm³/mol. The van der Waals surface area contributed by atoms with Crippen LogP contribution >= 0.6 is 0 Å². The smallest absolute Gasteiger partial charge is 0.258 e. The lowest BCUT2D eigenvalue weighted by Crippen LogP contribution is -2.59. The normalized spacial score (nSPS) is 21.3. The topological polar surface area (TPSA) is 74.0 Å². The standard InChI is InChI=1S/C15H22N2O4/c1-15(2)14(18)17(9-11(8-16)21-15)12-7-10(19-3)5-6-13(12)20-4/h5-7,11H,8-9,16H2,1-4H3. The maximum absolute atomic E-state index is 12.6. The van der Waals surface area contributed by atoms with Crippen LogP contribution in [0, 0.1) is 0 Å². The summed E-state index contributed by atoms with van der Waals surface area (Å²) >= 11 is 0. The summed E-state index contributed by atoms with van der Waals surface area (Å²) in [5.41, 5.74) is 5.46. The van der Waals surface area contributed by atoms with Gasteiger partial charge in [-0.1, -0.05) is 0 Å². The first kappa shape index (κ1) is 15.6. The Bertz CT molecular complexity index is 530. The third-order valence-corrected chi connectivity index (χ3v) is 3.55. The van der Waals surface area contributed by atoms with Crippen molar-refractivity contribution < 1.29 is 19.0 Å². The van der Waals surface area contributed by atoms with Crippen LogP contribution in [0.15, 0.2) is 18.2 Å². The van der Waals surface area contributed by atoms with Gasteiger partial charge < -0.3 is 24.8 Å². The number of benzene rings is 1. The summed E-state index contributed by atoms with van der Waals surface area (Å²) in [6.07, 6.45) is -0.214. The van der Waals surface area contributed by atoms with E-state index < -0.39 is 5.60 Å². The van der Waals surface area contributed by atoms with Crippen LogP contribution in [0.5, 0.6) is 11.5 Å². The van der Waals surface area contributed by atoms with Gasteiger partial charge in [-0.15, -0.1) is 0 Å². The van der Waals surface area contributed by atoms with E-state index in [0.717, 1.165) is 0 Å². The molecule has 2 N–H and O–H groups in total. The van der Waals surface area contributed by atoms with E-state index in [1.807, 2.05) is 0 Å². The highest BCUT2D eigenvalue weighted by molar-refractivity contribution is 6.01. The van der Waals surface area contributed by atoms with Crippen molar-refractivity contribution in [3.63, 3.8) is 0 Å². The van der Waals surface area contributed by atoms with Crippen LogP contribution in [-0.4, -0.2) is 44.9 Å². The first-order valence-corrected chi connectivity index (χ1v) is 6.84. The molecule has 1 amide bonds. The van der Waals surface area contributed by atoms with E-state index in [9.17, 15) is 4.79 Å². The maximum atomic E-state index is 12.6. The van der Waals surface area contributed by atoms with Gasteiger partial charge in [0.15, 0.2) is 0 Å².